The Balaban J connectivity index is 1.54. The normalized spacial score (nSPS) is 15.8. The van der Waals surface area contributed by atoms with Crippen LogP contribution in [0, 0.1) is 0 Å². The van der Waals surface area contributed by atoms with Crippen LogP contribution in [0.1, 0.15) is 5.56 Å². The second-order valence-corrected chi connectivity index (χ2v) is 6.50. The molecule has 0 spiro atoms. The van der Waals surface area contributed by atoms with Crippen molar-refractivity contribution >= 4 is 21.6 Å². The lowest BCUT2D eigenvalue weighted by atomic mass is 10.2. The molecule has 2 aromatic rings. The van der Waals surface area contributed by atoms with E-state index in [9.17, 15) is 0 Å². The van der Waals surface area contributed by atoms with Crippen molar-refractivity contribution in [1.82, 2.24) is 4.90 Å². The molecule has 0 bridgehead atoms. The fraction of sp³-hybridized carbons (Fsp3) is 0.333. The van der Waals surface area contributed by atoms with Gasteiger partial charge >= 0.3 is 0 Å². The molecule has 0 N–H and O–H groups in total. The second kappa shape index (κ2) is 7.16. The van der Waals surface area contributed by atoms with Gasteiger partial charge in [-0.3, -0.25) is 4.90 Å². The van der Waals surface area contributed by atoms with E-state index in [0.717, 1.165) is 42.9 Å². The molecule has 0 radical (unpaired) electrons. The predicted molar refractivity (Wildman–Crippen MR) is 94.6 cm³/mol. The Labute approximate surface area is 140 Å². The van der Waals surface area contributed by atoms with Gasteiger partial charge in [-0.1, -0.05) is 28.1 Å². The summed E-state index contributed by atoms with van der Waals surface area (Å²) in [5.41, 5.74) is 2.66. The Bertz CT molecular complexity index is 589. The van der Waals surface area contributed by atoms with Crippen LogP contribution in [0.25, 0.3) is 0 Å². The average molecular weight is 361 g/mol. The number of rotatable bonds is 4. The van der Waals surface area contributed by atoms with E-state index in [-0.39, 0.29) is 0 Å². The molecule has 4 heteroatoms. The van der Waals surface area contributed by atoms with Gasteiger partial charge in [-0.15, -0.1) is 0 Å². The molecule has 1 aliphatic rings. The Morgan fingerprint density at radius 2 is 1.55 bits per heavy atom. The summed E-state index contributed by atoms with van der Waals surface area (Å²) >= 11 is 3.49. The molecule has 1 saturated heterocycles. The Morgan fingerprint density at radius 3 is 2.14 bits per heavy atom. The highest BCUT2D eigenvalue weighted by Crippen LogP contribution is 2.21. The van der Waals surface area contributed by atoms with Crippen molar-refractivity contribution in [3.05, 3.63) is 58.6 Å². The summed E-state index contributed by atoms with van der Waals surface area (Å²) < 4.78 is 6.36. The smallest absolute Gasteiger partial charge is 0.119 e. The number of methoxy groups -OCH3 is 1. The Morgan fingerprint density at radius 1 is 0.909 bits per heavy atom. The molecule has 116 valence electrons. The van der Waals surface area contributed by atoms with Crippen molar-refractivity contribution in [3.63, 3.8) is 0 Å². The third-order valence-corrected chi connectivity index (χ3v) is 4.66. The van der Waals surface area contributed by atoms with Gasteiger partial charge in [0.1, 0.15) is 5.75 Å². The highest BCUT2D eigenvalue weighted by molar-refractivity contribution is 9.10. The zero-order valence-electron chi connectivity index (χ0n) is 12.8. The van der Waals surface area contributed by atoms with E-state index in [1.54, 1.807) is 7.11 Å². The van der Waals surface area contributed by atoms with Crippen molar-refractivity contribution in [1.29, 1.82) is 0 Å². The average Bonchev–Trinajstić information content (AvgIpc) is 2.58. The van der Waals surface area contributed by atoms with Gasteiger partial charge in [0.2, 0.25) is 0 Å². The summed E-state index contributed by atoms with van der Waals surface area (Å²) in [7, 11) is 1.70. The highest BCUT2D eigenvalue weighted by Gasteiger charge is 2.17. The van der Waals surface area contributed by atoms with Crippen LogP contribution in [0.4, 0.5) is 5.69 Å². The third-order valence-electron chi connectivity index (χ3n) is 4.13. The van der Waals surface area contributed by atoms with Gasteiger partial charge in [0.15, 0.2) is 0 Å². The largest absolute Gasteiger partial charge is 0.497 e. The first-order valence-electron chi connectivity index (χ1n) is 7.60. The first kappa shape index (κ1) is 15.4. The zero-order chi connectivity index (χ0) is 15.4. The van der Waals surface area contributed by atoms with Gasteiger partial charge in [0.05, 0.1) is 7.11 Å². The first-order valence-corrected chi connectivity index (χ1v) is 8.40. The molecule has 3 rings (SSSR count). The number of ether oxygens (including phenoxy) is 1. The third kappa shape index (κ3) is 3.81. The summed E-state index contributed by atoms with van der Waals surface area (Å²) in [6.07, 6.45) is 0. The van der Waals surface area contributed by atoms with Crippen LogP contribution in [0.3, 0.4) is 0 Å². The van der Waals surface area contributed by atoms with Gasteiger partial charge < -0.3 is 9.64 Å². The fourth-order valence-electron chi connectivity index (χ4n) is 2.81. The molecule has 1 heterocycles. The first-order chi connectivity index (χ1) is 10.7. The highest BCUT2D eigenvalue weighted by atomic mass is 79.9. The lowest BCUT2D eigenvalue weighted by molar-refractivity contribution is 0.250. The minimum Gasteiger partial charge on any atom is -0.497 e. The molecule has 2 aromatic carbocycles. The lowest BCUT2D eigenvalue weighted by Gasteiger charge is -2.36. The number of halogens is 1. The number of benzene rings is 2. The summed E-state index contributed by atoms with van der Waals surface area (Å²) in [5.74, 6) is 0.914. The van der Waals surface area contributed by atoms with Crippen LogP contribution in [-0.4, -0.2) is 38.2 Å². The van der Waals surface area contributed by atoms with Gasteiger partial charge in [-0.05, 0) is 42.0 Å². The molecule has 3 nitrogen and oxygen atoms in total. The summed E-state index contributed by atoms with van der Waals surface area (Å²) in [6, 6.07) is 17.0. The molecule has 1 fully saturated rings. The zero-order valence-corrected chi connectivity index (χ0v) is 14.4. The number of nitrogens with zero attached hydrogens (tertiary/aromatic N) is 2. The van der Waals surface area contributed by atoms with Crippen LogP contribution >= 0.6 is 15.9 Å². The van der Waals surface area contributed by atoms with Crippen LogP contribution in [0.15, 0.2) is 53.0 Å². The SMILES string of the molecule is COc1ccc(N2CCN(Cc3ccc(Br)cc3)CC2)cc1. The van der Waals surface area contributed by atoms with Crippen molar-refractivity contribution < 1.29 is 4.74 Å². The van der Waals surface area contributed by atoms with Gasteiger partial charge in [0, 0.05) is 42.9 Å². The molecule has 0 saturated carbocycles. The molecular formula is C18H21BrN2O. The fourth-order valence-corrected chi connectivity index (χ4v) is 3.07. The van der Waals surface area contributed by atoms with Gasteiger partial charge in [-0.2, -0.15) is 0 Å². The van der Waals surface area contributed by atoms with Crippen LogP contribution in [0.5, 0.6) is 5.75 Å². The minimum absolute atomic E-state index is 0.914. The van der Waals surface area contributed by atoms with Crippen molar-refractivity contribution in [2.24, 2.45) is 0 Å². The Hall–Kier alpha value is -1.52. The van der Waals surface area contributed by atoms with Crippen LogP contribution in [0.2, 0.25) is 0 Å². The maximum absolute atomic E-state index is 5.22. The van der Waals surface area contributed by atoms with E-state index < -0.39 is 0 Å². The van der Waals surface area contributed by atoms with E-state index in [1.807, 2.05) is 12.1 Å². The van der Waals surface area contributed by atoms with E-state index in [4.69, 9.17) is 4.74 Å². The van der Waals surface area contributed by atoms with Crippen molar-refractivity contribution in [2.75, 3.05) is 38.2 Å². The monoisotopic (exact) mass is 360 g/mol. The van der Waals surface area contributed by atoms with E-state index in [2.05, 4.69) is 62.1 Å². The molecule has 0 atom stereocenters. The molecule has 0 unspecified atom stereocenters. The van der Waals surface area contributed by atoms with Crippen molar-refractivity contribution in [3.8, 4) is 5.75 Å². The predicted octanol–water partition coefficient (Wildman–Crippen LogP) is 3.78. The van der Waals surface area contributed by atoms with Gasteiger partial charge in [0.25, 0.3) is 0 Å². The Kier molecular flexibility index (Phi) is 5.01. The van der Waals surface area contributed by atoms with E-state index in [0.29, 0.717) is 0 Å². The van der Waals surface area contributed by atoms with E-state index >= 15 is 0 Å². The number of piperazine rings is 1. The van der Waals surface area contributed by atoms with Crippen molar-refractivity contribution in [2.45, 2.75) is 6.54 Å². The standard InChI is InChI=1S/C18H21BrN2O/c1-22-18-8-6-17(7-9-18)21-12-10-20(11-13-21)14-15-2-4-16(19)5-3-15/h2-9H,10-14H2,1H3. The maximum atomic E-state index is 5.22. The molecule has 0 aliphatic carbocycles. The summed E-state index contributed by atoms with van der Waals surface area (Å²) in [6.45, 7) is 5.37. The molecule has 1 aliphatic heterocycles. The van der Waals surface area contributed by atoms with Crippen LogP contribution < -0.4 is 9.64 Å². The second-order valence-electron chi connectivity index (χ2n) is 5.59. The molecule has 22 heavy (non-hydrogen) atoms. The van der Waals surface area contributed by atoms with Gasteiger partial charge in [-0.25, -0.2) is 0 Å². The topological polar surface area (TPSA) is 15.7 Å². The number of hydrogen-bond acceptors (Lipinski definition) is 3. The number of hydrogen-bond donors (Lipinski definition) is 0. The molecule has 0 aromatic heterocycles. The molecular weight excluding hydrogens is 340 g/mol. The summed E-state index contributed by atoms with van der Waals surface area (Å²) in [4.78, 5) is 4.96. The quantitative estimate of drug-likeness (QED) is 0.824. The van der Waals surface area contributed by atoms with Crippen LogP contribution in [-0.2, 0) is 6.54 Å². The summed E-state index contributed by atoms with van der Waals surface area (Å²) in [5, 5.41) is 0. The van der Waals surface area contributed by atoms with E-state index in [1.165, 1.54) is 11.3 Å². The minimum atomic E-state index is 0.914. The lowest BCUT2D eigenvalue weighted by Crippen LogP contribution is -2.45. The maximum Gasteiger partial charge on any atom is 0.119 e. The number of anilines is 1. The molecule has 0 amide bonds.